The van der Waals surface area contributed by atoms with Crippen LogP contribution in [-0.4, -0.2) is 52.1 Å². The van der Waals surface area contributed by atoms with E-state index in [1.807, 2.05) is 11.9 Å². The normalized spacial score (nSPS) is 22.3. The van der Waals surface area contributed by atoms with Gasteiger partial charge in [-0.25, -0.2) is 0 Å². The minimum atomic E-state index is -0.398. The Morgan fingerprint density at radius 2 is 2.14 bits per heavy atom. The lowest BCUT2D eigenvalue weighted by Crippen LogP contribution is -2.48. The molecule has 2 N–H and O–H groups in total. The maximum Gasteiger partial charge on any atom is 0.274 e. The second kappa shape index (κ2) is 6.87. The molecule has 1 aliphatic rings. The highest BCUT2D eigenvalue weighted by molar-refractivity contribution is 6.04. The Bertz CT molecular complexity index is 512. The summed E-state index contributed by atoms with van der Waals surface area (Å²) in [7, 11) is 3.57. The molecule has 1 aromatic heterocycles. The first kappa shape index (κ1) is 15.7. The van der Waals surface area contributed by atoms with E-state index in [0.717, 1.165) is 25.7 Å². The number of aryl methyl sites for hydroxylation is 1. The van der Waals surface area contributed by atoms with Gasteiger partial charge in [0.1, 0.15) is 5.69 Å². The number of aromatic nitrogens is 1. The smallest absolute Gasteiger partial charge is 0.274 e. The Kier molecular flexibility index (Phi) is 5.14. The largest absolute Gasteiger partial charge is 0.391 e. The fourth-order valence-corrected chi connectivity index (χ4v) is 2.88. The van der Waals surface area contributed by atoms with E-state index in [1.165, 1.54) is 0 Å². The molecule has 6 heteroatoms. The first-order valence-electron chi connectivity index (χ1n) is 7.33. The van der Waals surface area contributed by atoms with E-state index in [2.05, 4.69) is 5.32 Å². The molecule has 0 aliphatic heterocycles. The van der Waals surface area contributed by atoms with Gasteiger partial charge in [0.25, 0.3) is 5.91 Å². The van der Waals surface area contributed by atoms with Gasteiger partial charge in [-0.15, -0.1) is 0 Å². The summed E-state index contributed by atoms with van der Waals surface area (Å²) in [6.07, 6.45) is 5.12. The summed E-state index contributed by atoms with van der Waals surface area (Å²) in [6, 6.07) is 3.41. The van der Waals surface area contributed by atoms with Gasteiger partial charge in [0.05, 0.1) is 12.6 Å². The van der Waals surface area contributed by atoms with Crippen LogP contribution in [0.25, 0.3) is 0 Å². The van der Waals surface area contributed by atoms with Gasteiger partial charge >= 0.3 is 0 Å². The lowest BCUT2D eigenvalue weighted by Gasteiger charge is -2.34. The predicted octanol–water partition coefficient (Wildman–Crippen LogP) is 0.517. The Labute approximate surface area is 124 Å². The van der Waals surface area contributed by atoms with Crippen molar-refractivity contribution in [2.45, 2.75) is 37.8 Å². The van der Waals surface area contributed by atoms with Crippen LogP contribution in [0.15, 0.2) is 18.3 Å². The van der Waals surface area contributed by atoms with Crippen molar-refractivity contribution < 1.29 is 14.7 Å². The standard InChI is InChI=1S/C15H23N3O3/c1-17-9-5-7-12(17)15(21)16-14(20)10-18(2)11-6-3-4-8-13(11)19/h5,7,9,11,13,19H,3-4,6,8,10H2,1-2H3,(H,16,20,21). The molecular weight excluding hydrogens is 270 g/mol. The Balaban J connectivity index is 1.86. The van der Waals surface area contributed by atoms with Gasteiger partial charge in [-0.05, 0) is 32.0 Å². The highest BCUT2D eigenvalue weighted by Gasteiger charge is 2.27. The van der Waals surface area contributed by atoms with Crippen LogP contribution < -0.4 is 5.32 Å². The monoisotopic (exact) mass is 293 g/mol. The summed E-state index contributed by atoms with van der Waals surface area (Å²) in [5, 5.41) is 12.4. The van der Waals surface area contributed by atoms with Gasteiger partial charge in [0.2, 0.25) is 5.91 Å². The second-order valence-electron chi connectivity index (χ2n) is 5.72. The van der Waals surface area contributed by atoms with Crippen LogP contribution in [0.2, 0.25) is 0 Å². The molecule has 0 spiro atoms. The Hall–Kier alpha value is -1.66. The summed E-state index contributed by atoms with van der Waals surface area (Å²) < 4.78 is 1.66. The number of imide groups is 1. The summed E-state index contributed by atoms with van der Waals surface area (Å²) in [4.78, 5) is 25.7. The molecule has 2 atom stereocenters. The number of amides is 2. The van der Waals surface area contributed by atoms with Crippen molar-refractivity contribution in [1.82, 2.24) is 14.8 Å². The van der Waals surface area contributed by atoms with Gasteiger partial charge in [0, 0.05) is 19.3 Å². The fraction of sp³-hybridized carbons (Fsp3) is 0.600. The quantitative estimate of drug-likeness (QED) is 0.848. The molecule has 1 aliphatic carbocycles. The van der Waals surface area contributed by atoms with Crippen LogP contribution in [0.4, 0.5) is 0 Å². The molecule has 0 radical (unpaired) electrons. The molecule has 1 saturated carbocycles. The number of nitrogens with one attached hydrogen (secondary N) is 1. The van der Waals surface area contributed by atoms with Gasteiger partial charge in [-0.2, -0.15) is 0 Å². The van der Waals surface area contributed by atoms with Crippen molar-refractivity contribution in [2.75, 3.05) is 13.6 Å². The molecule has 2 unspecified atom stereocenters. The Morgan fingerprint density at radius 1 is 1.43 bits per heavy atom. The van der Waals surface area contributed by atoms with Crippen LogP contribution in [-0.2, 0) is 11.8 Å². The molecular formula is C15H23N3O3. The number of hydrogen-bond donors (Lipinski definition) is 2. The topological polar surface area (TPSA) is 74.6 Å². The van der Waals surface area contributed by atoms with Crippen molar-refractivity contribution in [1.29, 1.82) is 0 Å². The molecule has 0 bridgehead atoms. The van der Waals surface area contributed by atoms with Crippen molar-refractivity contribution in [3.8, 4) is 0 Å². The fourth-order valence-electron chi connectivity index (χ4n) is 2.88. The number of aliphatic hydroxyl groups excluding tert-OH is 1. The molecule has 1 heterocycles. The lowest BCUT2D eigenvalue weighted by molar-refractivity contribution is -0.122. The molecule has 116 valence electrons. The summed E-state index contributed by atoms with van der Waals surface area (Å²) in [5.41, 5.74) is 0.448. The number of nitrogens with zero attached hydrogens (tertiary/aromatic N) is 2. The summed E-state index contributed by atoms with van der Waals surface area (Å²) in [5.74, 6) is -0.744. The first-order chi connectivity index (χ1) is 9.99. The maximum atomic E-state index is 12.0. The van der Waals surface area contributed by atoms with Crippen LogP contribution in [0.5, 0.6) is 0 Å². The van der Waals surface area contributed by atoms with E-state index >= 15 is 0 Å². The molecule has 21 heavy (non-hydrogen) atoms. The van der Waals surface area contributed by atoms with Gasteiger partial charge in [-0.1, -0.05) is 12.8 Å². The summed E-state index contributed by atoms with van der Waals surface area (Å²) in [6.45, 7) is 0.109. The average molecular weight is 293 g/mol. The van der Waals surface area contributed by atoms with Crippen LogP contribution in [0, 0.1) is 0 Å². The summed E-state index contributed by atoms with van der Waals surface area (Å²) >= 11 is 0. The molecule has 2 rings (SSSR count). The molecule has 2 amide bonds. The molecule has 1 fully saturated rings. The third-order valence-electron chi connectivity index (χ3n) is 4.08. The third kappa shape index (κ3) is 3.92. The lowest BCUT2D eigenvalue weighted by atomic mass is 9.91. The highest BCUT2D eigenvalue weighted by atomic mass is 16.3. The van der Waals surface area contributed by atoms with Crippen LogP contribution >= 0.6 is 0 Å². The van der Waals surface area contributed by atoms with E-state index in [0.29, 0.717) is 5.69 Å². The van der Waals surface area contributed by atoms with E-state index in [4.69, 9.17) is 0 Å². The highest BCUT2D eigenvalue weighted by Crippen LogP contribution is 2.22. The van der Waals surface area contributed by atoms with Crippen LogP contribution in [0.3, 0.4) is 0 Å². The zero-order chi connectivity index (χ0) is 15.4. The van der Waals surface area contributed by atoms with Crippen molar-refractivity contribution in [3.05, 3.63) is 24.0 Å². The predicted molar refractivity (Wildman–Crippen MR) is 78.8 cm³/mol. The number of aliphatic hydroxyl groups is 1. The number of carbonyl (C=O) groups excluding carboxylic acids is 2. The van der Waals surface area contributed by atoms with E-state index in [1.54, 1.807) is 29.9 Å². The zero-order valence-electron chi connectivity index (χ0n) is 12.6. The minimum Gasteiger partial charge on any atom is -0.391 e. The third-order valence-corrected chi connectivity index (χ3v) is 4.08. The van der Waals surface area contributed by atoms with E-state index < -0.39 is 5.91 Å². The number of rotatable bonds is 4. The van der Waals surface area contributed by atoms with E-state index in [-0.39, 0.29) is 24.6 Å². The van der Waals surface area contributed by atoms with Crippen molar-refractivity contribution >= 4 is 11.8 Å². The maximum absolute atomic E-state index is 12.0. The zero-order valence-corrected chi connectivity index (χ0v) is 12.6. The van der Waals surface area contributed by atoms with E-state index in [9.17, 15) is 14.7 Å². The molecule has 0 saturated heterocycles. The van der Waals surface area contributed by atoms with Crippen molar-refractivity contribution in [3.63, 3.8) is 0 Å². The first-order valence-corrected chi connectivity index (χ1v) is 7.33. The SMILES string of the molecule is CN(CC(=O)NC(=O)c1cccn1C)C1CCCCC1O. The van der Waals surface area contributed by atoms with Gasteiger partial charge in [0.15, 0.2) is 0 Å². The second-order valence-corrected chi connectivity index (χ2v) is 5.72. The molecule has 6 nitrogen and oxygen atoms in total. The van der Waals surface area contributed by atoms with Gasteiger partial charge < -0.3 is 9.67 Å². The average Bonchev–Trinajstić information content (AvgIpc) is 2.85. The Morgan fingerprint density at radius 3 is 2.76 bits per heavy atom. The number of likely N-dealkylation sites (N-methyl/N-ethyl adjacent to an activating group) is 1. The molecule has 1 aromatic rings. The minimum absolute atomic E-state index is 0.00496. The number of carbonyl (C=O) groups is 2. The van der Waals surface area contributed by atoms with Crippen molar-refractivity contribution in [2.24, 2.45) is 7.05 Å². The van der Waals surface area contributed by atoms with Crippen LogP contribution in [0.1, 0.15) is 36.2 Å². The number of hydrogen-bond acceptors (Lipinski definition) is 4. The molecule has 0 aromatic carbocycles. The van der Waals surface area contributed by atoms with Gasteiger partial charge in [-0.3, -0.25) is 19.8 Å².